The third-order valence-electron chi connectivity index (χ3n) is 3.45. The first-order valence-electron chi connectivity index (χ1n) is 6.80. The van der Waals surface area contributed by atoms with E-state index in [0.717, 1.165) is 11.1 Å². The molecule has 112 valence electrons. The predicted octanol–water partition coefficient (Wildman–Crippen LogP) is 3.71. The van der Waals surface area contributed by atoms with Crippen LogP contribution in [0.3, 0.4) is 0 Å². The molecule has 3 aromatic rings. The van der Waals surface area contributed by atoms with Crippen molar-refractivity contribution in [2.24, 2.45) is 5.73 Å². The van der Waals surface area contributed by atoms with Crippen molar-refractivity contribution in [3.8, 4) is 11.1 Å². The molecule has 0 unspecified atom stereocenters. The Labute approximate surface area is 134 Å². The molecule has 3 rings (SSSR count). The molecule has 0 fully saturated rings. The lowest BCUT2D eigenvalue weighted by molar-refractivity contribution is 0.595. The molecule has 0 aliphatic carbocycles. The van der Waals surface area contributed by atoms with Crippen LogP contribution in [0.25, 0.3) is 11.1 Å². The van der Waals surface area contributed by atoms with Gasteiger partial charge in [0.15, 0.2) is 0 Å². The summed E-state index contributed by atoms with van der Waals surface area (Å²) < 4.78 is 25.3. The summed E-state index contributed by atoms with van der Waals surface area (Å²) in [5.41, 5.74) is 7.67. The molecule has 5 heteroatoms. The minimum Gasteiger partial charge on any atom is -0.326 e. The SMILES string of the molecule is NCc1sccc1S(=O)(=O)c1ccc(-c2ccccc2)cc1. The highest BCUT2D eigenvalue weighted by atomic mass is 32.2. The maximum absolute atomic E-state index is 12.7. The van der Waals surface area contributed by atoms with Gasteiger partial charge in [0.05, 0.1) is 9.79 Å². The van der Waals surface area contributed by atoms with E-state index in [-0.39, 0.29) is 6.54 Å². The number of hydrogen-bond acceptors (Lipinski definition) is 4. The molecule has 1 aromatic heterocycles. The number of benzene rings is 2. The maximum Gasteiger partial charge on any atom is 0.207 e. The summed E-state index contributed by atoms with van der Waals surface area (Å²) >= 11 is 1.37. The van der Waals surface area contributed by atoms with Crippen molar-refractivity contribution in [2.75, 3.05) is 0 Å². The van der Waals surface area contributed by atoms with Gasteiger partial charge in [-0.2, -0.15) is 0 Å². The third kappa shape index (κ3) is 2.70. The Kier molecular flexibility index (Phi) is 4.11. The third-order valence-corrected chi connectivity index (χ3v) is 6.38. The first-order valence-corrected chi connectivity index (χ1v) is 9.16. The van der Waals surface area contributed by atoms with Crippen LogP contribution < -0.4 is 5.73 Å². The van der Waals surface area contributed by atoms with Gasteiger partial charge in [0.1, 0.15) is 0 Å². The lowest BCUT2D eigenvalue weighted by atomic mass is 10.1. The molecule has 2 N–H and O–H groups in total. The summed E-state index contributed by atoms with van der Waals surface area (Å²) in [6.45, 7) is 0.230. The average Bonchev–Trinajstić information content (AvgIpc) is 3.05. The van der Waals surface area contributed by atoms with Gasteiger partial charge in [-0.05, 0) is 34.7 Å². The van der Waals surface area contributed by atoms with Gasteiger partial charge in [0.2, 0.25) is 9.84 Å². The zero-order chi connectivity index (χ0) is 15.6. The lowest BCUT2D eigenvalue weighted by Gasteiger charge is -2.07. The van der Waals surface area contributed by atoms with Crippen LogP contribution in [0.2, 0.25) is 0 Å². The standard InChI is InChI=1S/C17H15NO2S2/c18-12-16-17(10-11-21-16)22(19,20)15-8-6-14(7-9-15)13-4-2-1-3-5-13/h1-11H,12,18H2. The van der Waals surface area contributed by atoms with E-state index in [4.69, 9.17) is 5.73 Å². The van der Waals surface area contributed by atoms with E-state index in [1.54, 1.807) is 23.6 Å². The topological polar surface area (TPSA) is 60.2 Å². The molecule has 22 heavy (non-hydrogen) atoms. The highest BCUT2D eigenvalue weighted by Gasteiger charge is 2.21. The normalized spacial score (nSPS) is 11.5. The minimum absolute atomic E-state index is 0.230. The van der Waals surface area contributed by atoms with Crippen molar-refractivity contribution in [3.05, 3.63) is 70.9 Å². The van der Waals surface area contributed by atoms with Crippen molar-refractivity contribution in [1.29, 1.82) is 0 Å². The fourth-order valence-electron chi connectivity index (χ4n) is 2.30. The van der Waals surface area contributed by atoms with E-state index in [9.17, 15) is 8.42 Å². The van der Waals surface area contributed by atoms with Crippen LogP contribution in [0.15, 0.2) is 75.8 Å². The second-order valence-electron chi connectivity index (χ2n) is 4.81. The van der Waals surface area contributed by atoms with Gasteiger partial charge in [-0.3, -0.25) is 0 Å². The van der Waals surface area contributed by atoms with Gasteiger partial charge in [-0.25, -0.2) is 8.42 Å². The lowest BCUT2D eigenvalue weighted by Crippen LogP contribution is -2.05. The van der Waals surface area contributed by atoms with Crippen molar-refractivity contribution in [1.82, 2.24) is 0 Å². The average molecular weight is 329 g/mol. The summed E-state index contributed by atoms with van der Waals surface area (Å²) in [4.78, 5) is 1.29. The minimum atomic E-state index is -3.51. The van der Waals surface area contributed by atoms with Gasteiger partial charge >= 0.3 is 0 Å². The molecular formula is C17H15NO2S2. The first kappa shape index (κ1) is 15.0. The van der Waals surface area contributed by atoms with Crippen molar-refractivity contribution in [3.63, 3.8) is 0 Å². The van der Waals surface area contributed by atoms with E-state index in [1.165, 1.54) is 11.3 Å². The largest absolute Gasteiger partial charge is 0.326 e. The van der Waals surface area contributed by atoms with Crippen LogP contribution in [0.5, 0.6) is 0 Å². The fourth-order valence-corrected chi connectivity index (χ4v) is 4.89. The summed E-state index contributed by atoms with van der Waals surface area (Å²) in [5.74, 6) is 0. The van der Waals surface area contributed by atoms with Crippen molar-refractivity contribution < 1.29 is 8.42 Å². The Hall–Kier alpha value is -1.95. The van der Waals surface area contributed by atoms with Crippen LogP contribution in [0.4, 0.5) is 0 Å². The maximum atomic E-state index is 12.7. The summed E-state index contributed by atoms with van der Waals surface area (Å²) in [7, 11) is -3.51. The van der Waals surface area contributed by atoms with E-state index in [0.29, 0.717) is 14.7 Å². The Bertz CT molecular complexity index is 867. The molecule has 0 amide bonds. The molecule has 0 aliphatic heterocycles. The number of sulfone groups is 1. The van der Waals surface area contributed by atoms with Crippen LogP contribution in [0.1, 0.15) is 4.88 Å². The molecule has 0 atom stereocenters. The first-order chi connectivity index (χ1) is 10.6. The van der Waals surface area contributed by atoms with E-state index in [1.807, 2.05) is 42.5 Å². The van der Waals surface area contributed by atoms with Crippen molar-refractivity contribution >= 4 is 21.2 Å². The Morgan fingerprint density at radius 3 is 2.14 bits per heavy atom. The molecule has 0 spiro atoms. The Balaban J connectivity index is 1.99. The number of thiophene rings is 1. The quantitative estimate of drug-likeness (QED) is 0.794. The van der Waals surface area contributed by atoms with Gasteiger partial charge in [0.25, 0.3) is 0 Å². The smallest absolute Gasteiger partial charge is 0.207 e. The summed E-state index contributed by atoms with van der Waals surface area (Å²) in [6.07, 6.45) is 0. The number of nitrogens with two attached hydrogens (primary N) is 1. The van der Waals surface area contributed by atoms with E-state index in [2.05, 4.69) is 0 Å². The fraction of sp³-hybridized carbons (Fsp3) is 0.0588. The summed E-state index contributed by atoms with van der Waals surface area (Å²) in [6, 6.07) is 18.4. The molecule has 1 heterocycles. The molecule has 0 aliphatic rings. The number of rotatable bonds is 4. The Morgan fingerprint density at radius 2 is 1.50 bits per heavy atom. The van der Waals surface area contributed by atoms with E-state index < -0.39 is 9.84 Å². The molecular weight excluding hydrogens is 314 g/mol. The molecule has 3 nitrogen and oxygen atoms in total. The predicted molar refractivity (Wildman–Crippen MR) is 89.5 cm³/mol. The van der Waals surface area contributed by atoms with Gasteiger partial charge in [0, 0.05) is 11.4 Å². The molecule has 0 radical (unpaired) electrons. The molecule has 2 aromatic carbocycles. The molecule has 0 saturated carbocycles. The van der Waals surface area contributed by atoms with Crippen LogP contribution >= 0.6 is 11.3 Å². The highest BCUT2D eigenvalue weighted by molar-refractivity contribution is 7.91. The van der Waals surface area contributed by atoms with E-state index >= 15 is 0 Å². The van der Waals surface area contributed by atoms with Gasteiger partial charge < -0.3 is 5.73 Å². The summed E-state index contributed by atoms with van der Waals surface area (Å²) in [5, 5.41) is 1.76. The number of hydrogen-bond donors (Lipinski definition) is 1. The molecule has 0 saturated heterocycles. The van der Waals surface area contributed by atoms with Gasteiger partial charge in [-0.15, -0.1) is 11.3 Å². The van der Waals surface area contributed by atoms with Crippen LogP contribution in [-0.2, 0) is 16.4 Å². The van der Waals surface area contributed by atoms with Crippen LogP contribution in [0, 0.1) is 0 Å². The van der Waals surface area contributed by atoms with Gasteiger partial charge in [-0.1, -0.05) is 42.5 Å². The highest BCUT2D eigenvalue weighted by Crippen LogP contribution is 2.29. The zero-order valence-corrected chi connectivity index (χ0v) is 13.4. The second-order valence-corrected chi connectivity index (χ2v) is 7.72. The monoisotopic (exact) mass is 329 g/mol. The van der Waals surface area contributed by atoms with Crippen molar-refractivity contribution in [2.45, 2.75) is 16.3 Å². The second kappa shape index (κ2) is 6.04. The van der Waals surface area contributed by atoms with Crippen LogP contribution in [-0.4, -0.2) is 8.42 Å². The zero-order valence-electron chi connectivity index (χ0n) is 11.8. The Morgan fingerprint density at radius 1 is 0.864 bits per heavy atom. The molecule has 0 bridgehead atoms.